The molecule has 3 N–H and O–H groups in total. The van der Waals surface area contributed by atoms with Crippen LogP contribution in [0.25, 0.3) is 0 Å². The minimum absolute atomic E-state index is 0.0935. The lowest BCUT2D eigenvalue weighted by Gasteiger charge is -2.04. The van der Waals surface area contributed by atoms with Gasteiger partial charge in [-0.05, 0) is 24.3 Å². The lowest BCUT2D eigenvalue weighted by molar-refractivity contribution is 0.632. The van der Waals surface area contributed by atoms with E-state index in [2.05, 4.69) is 15.3 Å². The Labute approximate surface area is 86.0 Å². The summed E-state index contributed by atoms with van der Waals surface area (Å²) in [5.74, 6) is 0.0121. The number of hydrogen-bond acceptors (Lipinski definition) is 4. The number of nitrogens with zero attached hydrogens (tertiary/aromatic N) is 2. The van der Waals surface area contributed by atoms with Gasteiger partial charge in [-0.25, -0.2) is 14.4 Å². The molecule has 1 heterocycles. The van der Waals surface area contributed by atoms with Gasteiger partial charge in [0.1, 0.15) is 5.82 Å². The minimum Gasteiger partial charge on any atom is -0.396 e. The van der Waals surface area contributed by atoms with Gasteiger partial charge in [0.15, 0.2) is 0 Å². The molecule has 1 aromatic carbocycles. The molecular weight excluding hydrogens is 195 g/mol. The Hall–Kier alpha value is -2.17. The van der Waals surface area contributed by atoms with Crippen molar-refractivity contribution in [3.8, 4) is 0 Å². The fraction of sp³-hybridized carbons (Fsp3) is 0. The second kappa shape index (κ2) is 3.91. The highest BCUT2D eigenvalue weighted by Gasteiger charge is 2.00. The van der Waals surface area contributed by atoms with Crippen LogP contribution in [-0.4, -0.2) is 9.97 Å². The standard InChI is InChI=1S/C10H9FN4/c11-8-3-2-7(6-9(8)12)15-10-13-4-1-5-14-10/h1-6H,12H2,(H,13,14,15). The van der Waals surface area contributed by atoms with Gasteiger partial charge < -0.3 is 11.1 Å². The maximum Gasteiger partial charge on any atom is 0.227 e. The van der Waals surface area contributed by atoms with E-state index < -0.39 is 5.82 Å². The Balaban J connectivity index is 2.22. The van der Waals surface area contributed by atoms with E-state index in [0.29, 0.717) is 11.6 Å². The second-order valence-electron chi connectivity index (χ2n) is 2.93. The van der Waals surface area contributed by atoms with Crippen molar-refractivity contribution in [1.82, 2.24) is 9.97 Å². The lowest BCUT2D eigenvalue weighted by Crippen LogP contribution is -1.97. The first kappa shape index (κ1) is 9.39. The predicted molar refractivity (Wildman–Crippen MR) is 56.1 cm³/mol. The molecule has 0 bridgehead atoms. The molecule has 4 nitrogen and oxygen atoms in total. The maximum absolute atomic E-state index is 12.9. The molecule has 1 aromatic heterocycles. The van der Waals surface area contributed by atoms with E-state index in [-0.39, 0.29) is 5.69 Å². The van der Waals surface area contributed by atoms with Gasteiger partial charge >= 0.3 is 0 Å². The molecule has 0 unspecified atom stereocenters. The van der Waals surface area contributed by atoms with Crippen LogP contribution < -0.4 is 11.1 Å². The molecule has 0 saturated carbocycles. The van der Waals surface area contributed by atoms with E-state index in [1.165, 1.54) is 12.1 Å². The summed E-state index contributed by atoms with van der Waals surface area (Å²) in [5.41, 5.74) is 6.16. The van der Waals surface area contributed by atoms with Crippen LogP contribution in [0.2, 0.25) is 0 Å². The molecule has 0 amide bonds. The number of nitrogens with two attached hydrogens (primary N) is 1. The number of halogens is 1. The molecule has 2 rings (SSSR count). The Morgan fingerprint density at radius 1 is 1.20 bits per heavy atom. The largest absolute Gasteiger partial charge is 0.396 e. The molecule has 0 aliphatic rings. The molecule has 0 radical (unpaired) electrons. The average molecular weight is 204 g/mol. The van der Waals surface area contributed by atoms with Crippen LogP contribution in [0.4, 0.5) is 21.7 Å². The van der Waals surface area contributed by atoms with Gasteiger partial charge in [-0.15, -0.1) is 0 Å². The molecule has 0 spiro atoms. The van der Waals surface area contributed by atoms with E-state index in [4.69, 9.17) is 5.73 Å². The minimum atomic E-state index is -0.436. The van der Waals surface area contributed by atoms with Crippen molar-refractivity contribution in [2.45, 2.75) is 0 Å². The van der Waals surface area contributed by atoms with Crippen molar-refractivity contribution >= 4 is 17.3 Å². The summed E-state index contributed by atoms with van der Waals surface area (Å²) in [6, 6.07) is 6.07. The molecular formula is C10H9FN4. The first-order valence-electron chi connectivity index (χ1n) is 4.35. The zero-order valence-corrected chi connectivity index (χ0v) is 7.81. The summed E-state index contributed by atoms with van der Waals surface area (Å²) in [5, 5.41) is 2.90. The van der Waals surface area contributed by atoms with E-state index in [9.17, 15) is 4.39 Å². The lowest BCUT2D eigenvalue weighted by atomic mass is 10.3. The van der Waals surface area contributed by atoms with Gasteiger partial charge in [0, 0.05) is 18.1 Å². The third kappa shape index (κ3) is 2.19. The maximum atomic E-state index is 12.9. The van der Waals surface area contributed by atoms with E-state index in [0.717, 1.165) is 0 Å². The highest BCUT2D eigenvalue weighted by atomic mass is 19.1. The highest BCUT2D eigenvalue weighted by molar-refractivity contribution is 5.59. The topological polar surface area (TPSA) is 63.8 Å². The second-order valence-corrected chi connectivity index (χ2v) is 2.93. The average Bonchev–Trinajstić information content (AvgIpc) is 2.25. The van der Waals surface area contributed by atoms with Gasteiger partial charge in [-0.2, -0.15) is 0 Å². The summed E-state index contributed by atoms with van der Waals surface area (Å²) in [4.78, 5) is 7.94. The summed E-state index contributed by atoms with van der Waals surface area (Å²) < 4.78 is 12.9. The van der Waals surface area contributed by atoms with Crippen LogP contribution in [0.3, 0.4) is 0 Å². The summed E-state index contributed by atoms with van der Waals surface area (Å²) in [6.07, 6.45) is 3.23. The van der Waals surface area contributed by atoms with Crippen LogP contribution in [0, 0.1) is 5.82 Å². The Bertz CT molecular complexity index is 458. The Morgan fingerprint density at radius 2 is 1.93 bits per heavy atom. The molecule has 15 heavy (non-hydrogen) atoms. The third-order valence-electron chi connectivity index (χ3n) is 1.82. The molecule has 2 aromatic rings. The van der Waals surface area contributed by atoms with Crippen LogP contribution in [0.15, 0.2) is 36.7 Å². The Morgan fingerprint density at radius 3 is 2.60 bits per heavy atom. The van der Waals surface area contributed by atoms with Gasteiger partial charge in [0.05, 0.1) is 5.69 Å². The van der Waals surface area contributed by atoms with Crippen LogP contribution in [0.1, 0.15) is 0 Å². The van der Waals surface area contributed by atoms with Gasteiger partial charge in [-0.1, -0.05) is 0 Å². The monoisotopic (exact) mass is 204 g/mol. The predicted octanol–water partition coefficient (Wildman–Crippen LogP) is 1.94. The zero-order chi connectivity index (χ0) is 10.7. The van der Waals surface area contributed by atoms with Crippen molar-refractivity contribution < 1.29 is 4.39 Å². The summed E-state index contributed by atoms with van der Waals surface area (Å²) in [6.45, 7) is 0. The van der Waals surface area contributed by atoms with Crippen LogP contribution in [-0.2, 0) is 0 Å². The molecule has 76 valence electrons. The highest BCUT2D eigenvalue weighted by Crippen LogP contribution is 2.18. The number of benzene rings is 1. The van der Waals surface area contributed by atoms with E-state index in [1.54, 1.807) is 24.5 Å². The zero-order valence-electron chi connectivity index (χ0n) is 7.81. The summed E-state index contributed by atoms with van der Waals surface area (Å²) in [7, 11) is 0. The van der Waals surface area contributed by atoms with Crippen molar-refractivity contribution in [3.05, 3.63) is 42.5 Å². The number of rotatable bonds is 2. The molecule has 0 aliphatic heterocycles. The Kier molecular flexibility index (Phi) is 2.45. The number of aromatic nitrogens is 2. The van der Waals surface area contributed by atoms with Crippen molar-refractivity contribution in [2.75, 3.05) is 11.1 Å². The van der Waals surface area contributed by atoms with E-state index >= 15 is 0 Å². The van der Waals surface area contributed by atoms with Gasteiger partial charge in [0.2, 0.25) is 5.95 Å². The smallest absolute Gasteiger partial charge is 0.227 e. The fourth-order valence-corrected chi connectivity index (χ4v) is 1.11. The van der Waals surface area contributed by atoms with Crippen LogP contribution >= 0.6 is 0 Å². The molecule has 0 saturated heterocycles. The van der Waals surface area contributed by atoms with Gasteiger partial charge in [0.25, 0.3) is 0 Å². The SMILES string of the molecule is Nc1cc(Nc2ncccn2)ccc1F. The molecule has 0 aliphatic carbocycles. The summed E-state index contributed by atoms with van der Waals surface area (Å²) >= 11 is 0. The van der Waals surface area contributed by atoms with Gasteiger partial charge in [-0.3, -0.25) is 0 Å². The normalized spacial score (nSPS) is 9.93. The molecule has 0 atom stereocenters. The van der Waals surface area contributed by atoms with E-state index in [1.807, 2.05) is 0 Å². The van der Waals surface area contributed by atoms with Crippen molar-refractivity contribution in [3.63, 3.8) is 0 Å². The number of anilines is 3. The fourth-order valence-electron chi connectivity index (χ4n) is 1.11. The van der Waals surface area contributed by atoms with Crippen LogP contribution in [0.5, 0.6) is 0 Å². The van der Waals surface area contributed by atoms with Crippen molar-refractivity contribution in [2.24, 2.45) is 0 Å². The first-order chi connectivity index (χ1) is 7.25. The first-order valence-corrected chi connectivity index (χ1v) is 4.35. The molecule has 0 fully saturated rings. The number of nitrogens with one attached hydrogen (secondary N) is 1. The molecule has 5 heteroatoms. The quantitative estimate of drug-likeness (QED) is 0.734. The van der Waals surface area contributed by atoms with Crippen molar-refractivity contribution in [1.29, 1.82) is 0 Å². The number of hydrogen-bond donors (Lipinski definition) is 2. The third-order valence-corrected chi connectivity index (χ3v) is 1.82. The number of nitrogen functional groups attached to an aromatic ring is 1.